The second-order valence-electron chi connectivity index (χ2n) is 11.0. The van der Waals surface area contributed by atoms with E-state index in [4.69, 9.17) is 4.74 Å². The van der Waals surface area contributed by atoms with Crippen molar-refractivity contribution >= 4 is 35.9 Å². The fraction of sp³-hybridized carbons (Fsp3) is 0.444. The number of benzene rings is 2. The zero-order valence-electron chi connectivity index (χ0n) is 21.3. The number of nitrogens with zero attached hydrogens (tertiary/aromatic N) is 2. The molecule has 2 amide bonds. The first kappa shape index (κ1) is 25.7. The molecule has 1 heterocycles. The molecule has 0 radical (unpaired) electrons. The van der Waals surface area contributed by atoms with Crippen LogP contribution in [0.25, 0.3) is 0 Å². The molecule has 0 aromatic heterocycles. The SMILES string of the molecule is CN(C(=O)OC(C)(C)C)C1CN(C(=O)C(=O)[Si](c2ccccc2)(c2ccccc2)C(C)(C)C)C1. The van der Waals surface area contributed by atoms with Gasteiger partial charge in [0.05, 0.1) is 6.04 Å². The van der Waals surface area contributed by atoms with Crippen LogP contribution in [0.15, 0.2) is 60.7 Å². The molecule has 0 bridgehead atoms. The van der Waals surface area contributed by atoms with Crippen LogP contribution in [0.4, 0.5) is 4.79 Å². The molecule has 1 fully saturated rings. The van der Waals surface area contributed by atoms with Crippen LogP contribution in [0, 0.1) is 0 Å². The Morgan fingerprint density at radius 1 is 0.853 bits per heavy atom. The lowest BCUT2D eigenvalue weighted by Crippen LogP contribution is -2.74. The van der Waals surface area contributed by atoms with Gasteiger partial charge >= 0.3 is 6.09 Å². The molecule has 2 aromatic rings. The molecule has 0 aliphatic carbocycles. The van der Waals surface area contributed by atoms with E-state index in [1.807, 2.05) is 81.4 Å². The predicted octanol–water partition coefficient (Wildman–Crippen LogP) is 3.24. The number of likely N-dealkylation sites (tertiary alicyclic amines) is 1. The lowest BCUT2D eigenvalue weighted by atomic mass is 10.1. The summed E-state index contributed by atoms with van der Waals surface area (Å²) in [7, 11) is -1.53. The molecule has 0 N–H and O–H groups in total. The Morgan fingerprint density at radius 3 is 1.68 bits per heavy atom. The van der Waals surface area contributed by atoms with Crippen molar-refractivity contribution in [3.05, 3.63) is 60.7 Å². The van der Waals surface area contributed by atoms with Crippen LogP contribution in [0.5, 0.6) is 0 Å². The topological polar surface area (TPSA) is 66.9 Å². The number of hydrogen-bond acceptors (Lipinski definition) is 4. The first-order valence-corrected chi connectivity index (χ1v) is 13.7. The van der Waals surface area contributed by atoms with Crippen LogP contribution in [-0.4, -0.2) is 67.1 Å². The van der Waals surface area contributed by atoms with Gasteiger partial charge in [-0.15, -0.1) is 0 Å². The predicted molar refractivity (Wildman–Crippen MR) is 137 cm³/mol. The molecule has 1 saturated heterocycles. The first-order chi connectivity index (χ1) is 15.8. The molecule has 0 unspecified atom stereocenters. The molecule has 0 atom stereocenters. The van der Waals surface area contributed by atoms with Crippen molar-refractivity contribution < 1.29 is 19.1 Å². The molecule has 182 valence electrons. The van der Waals surface area contributed by atoms with Crippen LogP contribution in [-0.2, 0) is 14.3 Å². The highest BCUT2D eigenvalue weighted by atomic mass is 28.3. The van der Waals surface area contributed by atoms with Gasteiger partial charge in [0.25, 0.3) is 5.91 Å². The number of ether oxygens (including phenoxy) is 1. The number of likely N-dealkylation sites (N-methyl/N-ethyl adjacent to an activating group) is 1. The average molecular weight is 481 g/mol. The van der Waals surface area contributed by atoms with E-state index in [2.05, 4.69) is 20.8 Å². The van der Waals surface area contributed by atoms with Crippen molar-refractivity contribution in [1.29, 1.82) is 0 Å². The Balaban J connectivity index is 1.91. The maximum Gasteiger partial charge on any atom is 0.410 e. The Hall–Kier alpha value is -2.93. The third-order valence-corrected chi connectivity index (χ3v) is 12.0. The van der Waals surface area contributed by atoms with Crippen LogP contribution in [0.1, 0.15) is 41.5 Å². The van der Waals surface area contributed by atoms with Crippen LogP contribution in [0.3, 0.4) is 0 Å². The Morgan fingerprint density at radius 2 is 1.29 bits per heavy atom. The van der Waals surface area contributed by atoms with E-state index in [1.165, 1.54) is 4.90 Å². The summed E-state index contributed by atoms with van der Waals surface area (Å²) >= 11 is 0. The second kappa shape index (κ2) is 9.37. The molecular weight excluding hydrogens is 444 g/mol. The van der Waals surface area contributed by atoms with E-state index in [0.717, 1.165) is 10.4 Å². The van der Waals surface area contributed by atoms with Gasteiger partial charge in [-0.05, 0) is 36.2 Å². The number of amides is 2. The van der Waals surface area contributed by atoms with E-state index in [0.29, 0.717) is 13.1 Å². The molecule has 1 aliphatic rings. The highest BCUT2D eigenvalue weighted by Crippen LogP contribution is 2.37. The minimum Gasteiger partial charge on any atom is -0.444 e. The fourth-order valence-corrected chi connectivity index (χ4v) is 9.80. The van der Waals surface area contributed by atoms with Crippen LogP contribution < -0.4 is 10.4 Å². The third-order valence-electron chi connectivity index (χ3n) is 6.45. The van der Waals surface area contributed by atoms with Gasteiger partial charge in [0, 0.05) is 20.1 Å². The number of hydrogen-bond donors (Lipinski definition) is 0. The summed E-state index contributed by atoms with van der Waals surface area (Å²) in [5.41, 5.74) is -0.593. The van der Waals surface area contributed by atoms with Gasteiger partial charge in [-0.2, -0.15) is 0 Å². The van der Waals surface area contributed by atoms with Crippen molar-refractivity contribution in [2.75, 3.05) is 20.1 Å². The van der Waals surface area contributed by atoms with Crippen LogP contribution >= 0.6 is 0 Å². The third kappa shape index (κ3) is 4.80. The van der Waals surface area contributed by atoms with Gasteiger partial charge in [0.15, 0.2) is 0 Å². The first-order valence-electron chi connectivity index (χ1n) is 11.7. The molecule has 3 rings (SSSR count). The molecule has 1 aliphatic heterocycles. The molecule has 7 heteroatoms. The van der Waals surface area contributed by atoms with E-state index in [-0.39, 0.29) is 11.4 Å². The molecule has 0 saturated carbocycles. The summed E-state index contributed by atoms with van der Waals surface area (Å²) < 4.78 is 5.44. The van der Waals surface area contributed by atoms with Gasteiger partial charge in [-0.1, -0.05) is 81.4 Å². The van der Waals surface area contributed by atoms with E-state index in [9.17, 15) is 14.4 Å². The summed E-state index contributed by atoms with van der Waals surface area (Å²) in [6.07, 6.45) is -0.428. The number of carbonyl (C=O) groups excluding carboxylic acids is 3. The highest BCUT2D eigenvalue weighted by molar-refractivity contribution is 7.29. The van der Waals surface area contributed by atoms with Gasteiger partial charge < -0.3 is 14.5 Å². The molecule has 2 aromatic carbocycles. The van der Waals surface area contributed by atoms with Crippen molar-refractivity contribution in [3.8, 4) is 0 Å². The van der Waals surface area contributed by atoms with E-state index < -0.39 is 30.7 Å². The van der Waals surface area contributed by atoms with Crippen molar-refractivity contribution in [3.63, 3.8) is 0 Å². The Bertz CT molecular complexity index is 996. The quantitative estimate of drug-likeness (QED) is 0.487. The van der Waals surface area contributed by atoms with E-state index in [1.54, 1.807) is 11.9 Å². The van der Waals surface area contributed by atoms with Crippen LogP contribution in [0.2, 0.25) is 5.04 Å². The second-order valence-corrected chi connectivity index (χ2v) is 15.6. The Labute approximate surface area is 203 Å². The smallest absolute Gasteiger partial charge is 0.410 e. The summed E-state index contributed by atoms with van der Waals surface area (Å²) in [6, 6.07) is 19.3. The highest BCUT2D eigenvalue weighted by Gasteiger charge is 2.57. The molecule has 0 spiro atoms. The van der Waals surface area contributed by atoms with Gasteiger partial charge in [0.2, 0.25) is 13.5 Å². The normalized spacial score (nSPS) is 14.9. The summed E-state index contributed by atoms with van der Waals surface area (Å²) in [6.45, 7) is 12.3. The zero-order chi connectivity index (χ0) is 25.3. The number of carbonyl (C=O) groups is 3. The monoisotopic (exact) mass is 480 g/mol. The zero-order valence-corrected chi connectivity index (χ0v) is 22.3. The summed E-state index contributed by atoms with van der Waals surface area (Å²) in [4.78, 5) is 43.3. The van der Waals surface area contributed by atoms with Gasteiger partial charge in [-0.3, -0.25) is 9.59 Å². The average Bonchev–Trinajstić information content (AvgIpc) is 2.72. The Kier molecular flexibility index (Phi) is 7.08. The largest absolute Gasteiger partial charge is 0.444 e. The molecular formula is C27H36N2O4Si. The lowest BCUT2D eigenvalue weighted by Gasteiger charge is -2.46. The minimum absolute atomic E-state index is 0.175. The maximum absolute atomic E-state index is 14.2. The van der Waals surface area contributed by atoms with Crippen molar-refractivity contribution in [1.82, 2.24) is 9.80 Å². The van der Waals surface area contributed by atoms with Crippen molar-refractivity contribution in [2.45, 2.75) is 58.2 Å². The van der Waals surface area contributed by atoms with Gasteiger partial charge in [0.1, 0.15) is 5.60 Å². The summed E-state index contributed by atoms with van der Waals surface area (Å²) in [5, 5.41) is 1.08. The van der Waals surface area contributed by atoms with Crippen molar-refractivity contribution in [2.24, 2.45) is 0 Å². The molecule has 34 heavy (non-hydrogen) atoms. The summed E-state index contributed by atoms with van der Waals surface area (Å²) in [5.74, 6) is -0.469. The lowest BCUT2D eigenvalue weighted by molar-refractivity contribution is -0.146. The fourth-order valence-electron chi connectivity index (χ4n) is 4.66. The standard InChI is InChI=1S/C27H36N2O4Si/c1-26(2,3)33-25(32)28(7)20-18-29(19-20)23(30)24(31)34(27(4,5)6,21-14-10-8-11-15-21)22-16-12-9-13-17-22/h8-17,20H,18-19H2,1-7H3. The number of rotatable bonds is 5. The van der Waals surface area contributed by atoms with E-state index >= 15 is 0 Å². The minimum atomic E-state index is -3.20. The maximum atomic E-state index is 14.2. The molecule has 6 nitrogen and oxygen atoms in total. The van der Waals surface area contributed by atoms with Gasteiger partial charge in [-0.25, -0.2) is 4.79 Å².